The van der Waals surface area contributed by atoms with Gasteiger partial charge < -0.3 is 30.0 Å². The van der Waals surface area contributed by atoms with Gasteiger partial charge in [-0.1, -0.05) is 24.3 Å². The highest BCUT2D eigenvalue weighted by Crippen LogP contribution is 2.60. The molecule has 1 spiro atoms. The largest absolute Gasteiger partial charge is 0.432 e. The number of aliphatic hydroxyl groups is 2. The number of aryl methyl sites for hydroxylation is 1. The van der Waals surface area contributed by atoms with E-state index in [0.29, 0.717) is 47.6 Å². The van der Waals surface area contributed by atoms with Crippen molar-refractivity contribution in [3.63, 3.8) is 0 Å². The molecule has 2 amide bonds. The summed E-state index contributed by atoms with van der Waals surface area (Å²) >= 11 is 0. The van der Waals surface area contributed by atoms with Crippen molar-refractivity contribution in [2.45, 2.75) is 76.2 Å². The van der Waals surface area contributed by atoms with Crippen molar-refractivity contribution in [1.82, 2.24) is 15.0 Å². The predicted molar refractivity (Wildman–Crippen MR) is 166 cm³/mol. The number of amides is 2. The van der Waals surface area contributed by atoms with Gasteiger partial charge in [0.05, 0.1) is 29.0 Å². The average molecular weight is 639 g/mol. The normalized spacial score (nSPS) is 23.4. The van der Waals surface area contributed by atoms with Gasteiger partial charge >= 0.3 is 0 Å². The van der Waals surface area contributed by atoms with E-state index < -0.39 is 48.4 Å². The van der Waals surface area contributed by atoms with Crippen LogP contribution in [-0.4, -0.2) is 73.9 Å². The summed E-state index contributed by atoms with van der Waals surface area (Å²) in [5.74, 6) is -1.48. The zero-order chi connectivity index (χ0) is 32.7. The molecule has 2 aliphatic rings. The van der Waals surface area contributed by atoms with E-state index in [1.54, 1.807) is 54.3 Å². The van der Waals surface area contributed by atoms with Gasteiger partial charge in [0.15, 0.2) is 13.9 Å². The zero-order valence-corrected chi connectivity index (χ0v) is 26.6. The molecule has 0 radical (unpaired) electrons. The zero-order valence-electron chi connectivity index (χ0n) is 25.6. The molecule has 240 valence electrons. The second-order valence-corrected chi connectivity index (χ2v) is 16.3. The van der Waals surface area contributed by atoms with E-state index in [4.69, 9.17) is 4.74 Å². The fourth-order valence-electron chi connectivity index (χ4n) is 6.72. The molecule has 5 atom stereocenters. The van der Waals surface area contributed by atoms with E-state index in [1.807, 2.05) is 6.92 Å². The first-order valence-corrected chi connectivity index (χ1v) is 17.9. The van der Waals surface area contributed by atoms with Crippen LogP contribution < -0.4 is 10.2 Å². The van der Waals surface area contributed by atoms with Crippen LogP contribution in [0.3, 0.4) is 0 Å². The molecular weight excluding hydrogens is 600 g/mol. The van der Waals surface area contributed by atoms with Crippen LogP contribution in [0, 0.1) is 16.0 Å². The first-order chi connectivity index (χ1) is 21.3. The molecule has 2 aliphatic heterocycles. The van der Waals surface area contributed by atoms with Crippen molar-refractivity contribution in [3.05, 3.63) is 75.6 Å². The molecule has 2 aromatic carbocycles. The summed E-state index contributed by atoms with van der Waals surface area (Å²) in [6, 6.07) is 11.2. The van der Waals surface area contributed by atoms with Gasteiger partial charge in [-0.25, -0.2) is 0 Å². The summed E-state index contributed by atoms with van der Waals surface area (Å²) in [4.78, 5) is 51.1. The molecule has 15 heteroatoms. The molecule has 4 N–H and O–H groups in total. The number of nitrogens with one attached hydrogen (secondary N) is 1. The molecule has 1 aromatic heterocycles. The Kier molecular flexibility index (Phi) is 8.92. The van der Waals surface area contributed by atoms with Crippen LogP contribution in [0.15, 0.2) is 48.7 Å². The number of nitro groups is 1. The van der Waals surface area contributed by atoms with E-state index >= 15 is 0 Å². The van der Waals surface area contributed by atoms with Gasteiger partial charge in [0.25, 0.3) is 17.5 Å². The minimum Gasteiger partial charge on any atom is -0.432 e. The molecule has 45 heavy (non-hydrogen) atoms. The molecule has 0 aliphatic carbocycles. The fourth-order valence-corrected chi connectivity index (χ4v) is 9.32. The number of carbonyl (C=O) groups is 2. The Bertz CT molecular complexity index is 1610. The van der Waals surface area contributed by atoms with Gasteiger partial charge in [-0.15, -0.1) is 5.10 Å². The number of hydrogen-bond donors (Lipinski definition) is 4. The van der Waals surface area contributed by atoms with Crippen molar-refractivity contribution < 1.29 is 34.3 Å². The molecule has 0 saturated carbocycles. The second kappa shape index (κ2) is 12.4. The number of aliphatic hydroxyl groups excluding tert-OH is 2. The van der Waals surface area contributed by atoms with Crippen LogP contribution in [0.25, 0.3) is 0 Å². The summed E-state index contributed by atoms with van der Waals surface area (Å²) in [6.45, 7) is 7.24. The lowest BCUT2D eigenvalue weighted by Crippen LogP contribution is -2.46. The summed E-state index contributed by atoms with van der Waals surface area (Å²) in [5, 5.41) is 41.5. The lowest BCUT2D eigenvalue weighted by molar-refractivity contribution is -0.385. The Labute approximate surface area is 260 Å². The maximum Gasteiger partial charge on any atom is 0.269 e. The van der Waals surface area contributed by atoms with Gasteiger partial charge in [0.2, 0.25) is 0 Å². The van der Waals surface area contributed by atoms with Crippen LogP contribution in [0.2, 0.25) is 18.6 Å². The lowest BCUT2D eigenvalue weighted by atomic mass is 9.82. The second-order valence-electron chi connectivity index (χ2n) is 12.3. The minimum atomic E-state index is -2.97. The van der Waals surface area contributed by atoms with Gasteiger partial charge in [0.1, 0.15) is 6.10 Å². The Balaban J connectivity index is 1.51. The lowest BCUT2D eigenvalue weighted by Gasteiger charge is -2.32. The Morgan fingerprint density at radius 2 is 2.02 bits per heavy atom. The third-order valence-electron chi connectivity index (χ3n) is 8.69. The maximum absolute atomic E-state index is 14.6. The van der Waals surface area contributed by atoms with Crippen LogP contribution in [0.1, 0.15) is 37.1 Å². The molecule has 3 aromatic rings. The summed E-state index contributed by atoms with van der Waals surface area (Å²) < 4.78 is 8.39. The number of aromatic nitrogens is 3. The average Bonchev–Trinajstić information content (AvgIpc) is 3.62. The summed E-state index contributed by atoms with van der Waals surface area (Å²) in [7, 11) is -2.97. The van der Waals surface area contributed by atoms with Gasteiger partial charge in [-0.2, -0.15) is 0 Å². The van der Waals surface area contributed by atoms with Crippen molar-refractivity contribution in [1.29, 1.82) is 0 Å². The third kappa shape index (κ3) is 6.13. The highest BCUT2D eigenvalue weighted by Gasteiger charge is 2.66. The first-order valence-electron chi connectivity index (χ1n) is 14.8. The Morgan fingerprint density at radius 3 is 2.69 bits per heavy atom. The topological polar surface area (TPSA) is 193 Å². The monoisotopic (exact) mass is 638 g/mol. The van der Waals surface area contributed by atoms with E-state index in [2.05, 4.69) is 15.6 Å². The van der Waals surface area contributed by atoms with Gasteiger partial charge in [-0.05, 0) is 50.2 Å². The molecule has 1 fully saturated rings. The number of fused-ring (bicyclic) bond motifs is 2. The van der Waals surface area contributed by atoms with Crippen LogP contribution in [-0.2, 0) is 39.4 Å². The third-order valence-corrected chi connectivity index (χ3v) is 11.2. The van der Waals surface area contributed by atoms with Crippen LogP contribution in [0.4, 0.5) is 17.1 Å². The quantitative estimate of drug-likeness (QED) is 0.138. The standard InChI is InChI=1S/C30H38N6O8Si/c1-18-27(45(3,4)43)26(10-12-34-17-22(11-13-37)32-33-34)44-30(18)24-15-23(36(41)42)8-9-25(24)35(29(30)40)16-20-6-5-7-21(14-20)31-28(39)19(2)38/h5-9,14-15,17-19,26-27,37-38,43H,10-13,16H2,1-4H3,(H,31,39)/t18-,19+,26+,27-,30+/m1/s1. The van der Waals surface area contributed by atoms with Crippen molar-refractivity contribution >= 4 is 37.2 Å². The minimum absolute atomic E-state index is 0.0538. The molecule has 14 nitrogen and oxygen atoms in total. The van der Waals surface area contributed by atoms with E-state index in [0.717, 1.165) is 0 Å². The van der Waals surface area contributed by atoms with Gasteiger partial charge in [0, 0.05) is 60.6 Å². The van der Waals surface area contributed by atoms with Crippen LogP contribution >= 0.6 is 0 Å². The number of non-ortho nitro benzene ring substituents is 1. The van der Waals surface area contributed by atoms with E-state index in [-0.39, 0.29) is 24.7 Å². The molecule has 3 heterocycles. The molecule has 5 rings (SSSR count). The first kappa shape index (κ1) is 32.4. The Hall–Kier alpha value is -4.02. The number of nitro benzene ring substituents is 1. The number of benzene rings is 2. The van der Waals surface area contributed by atoms with E-state index in [9.17, 15) is 34.7 Å². The molecule has 0 unspecified atom stereocenters. The fraction of sp³-hybridized carbons (Fsp3) is 0.467. The van der Waals surface area contributed by atoms with Crippen LogP contribution in [0.5, 0.6) is 0 Å². The summed E-state index contributed by atoms with van der Waals surface area (Å²) in [6.07, 6.45) is 0.740. The van der Waals surface area contributed by atoms with E-state index in [1.165, 1.54) is 24.0 Å². The number of nitrogens with zero attached hydrogens (tertiary/aromatic N) is 5. The Morgan fingerprint density at radius 1 is 1.27 bits per heavy atom. The highest BCUT2D eigenvalue weighted by molar-refractivity contribution is 6.71. The van der Waals surface area contributed by atoms with Crippen molar-refractivity contribution in [2.24, 2.45) is 5.92 Å². The number of rotatable bonds is 11. The predicted octanol–water partition coefficient (Wildman–Crippen LogP) is 2.48. The molecular formula is C30H38N6O8Si. The smallest absolute Gasteiger partial charge is 0.269 e. The number of hydrogen-bond acceptors (Lipinski definition) is 10. The SMILES string of the molecule is C[C@H](O)C(=O)Nc1cccc(CN2C(=O)[C@@]3(O[C@@H](CCn4cc(CCO)nn4)[C@H]([Si](C)(C)O)[C@H]3C)c3cc([N+](=O)[O-])ccc32)c1. The molecule has 0 bridgehead atoms. The number of anilines is 2. The highest BCUT2D eigenvalue weighted by atomic mass is 28.4. The van der Waals surface area contributed by atoms with Gasteiger partial charge in [-0.3, -0.25) is 24.4 Å². The van der Waals surface area contributed by atoms with Crippen molar-refractivity contribution in [3.8, 4) is 0 Å². The molecule has 1 saturated heterocycles. The number of carbonyl (C=O) groups excluding carboxylic acids is 2. The van der Waals surface area contributed by atoms with Crippen molar-refractivity contribution in [2.75, 3.05) is 16.8 Å². The summed E-state index contributed by atoms with van der Waals surface area (Å²) in [5.41, 5.74) is 0.453. The maximum atomic E-state index is 14.6. The number of ether oxygens (including phenoxy) is 1.